The van der Waals surface area contributed by atoms with E-state index in [1.807, 2.05) is 29.6 Å². The Hall–Kier alpha value is -2.64. The van der Waals surface area contributed by atoms with Crippen molar-refractivity contribution in [2.75, 3.05) is 12.4 Å². The van der Waals surface area contributed by atoms with Crippen LogP contribution in [0.5, 0.6) is 5.75 Å². The summed E-state index contributed by atoms with van der Waals surface area (Å²) in [5.41, 5.74) is 1.68. The number of halogens is 1. The maximum absolute atomic E-state index is 12.1. The summed E-state index contributed by atoms with van der Waals surface area (Å²) in [6, 6.07) is 11.1. The predicted molar refractivity (Wildman–Crippen MR) is 103 cm³/mol. The lowest BCUT2D eigenvalue weighted by Crippen LogP contribution is -2.24. The number of carbonyl (C=O) groups is 1. The van der Waals surface area contributed by atoms with E-state index in [0.717, 1.165) is 11.3 Å². The molecule has 0 bridgehead atoms. The molecule has 8 heteroatoms. The molecule has 0 spiro atoms. The zero-order valence-corrected chi connectivity index (χ0v) is 15.6. The van der Waals surface area contributed by atoms with Crippen LogP contribution in [0.15, 0.2) is 48.0 Å². The first-order valence-electron chi connectivity index (χ1n) is 7.85. The second kappa shape index (κ2) is 8.64. The Labute approximate surface area is 160 Å². The summed E-state index contributed by atoms with van der Waals surface area (Å²) in [6.45, 7) is 0.444. The first-order valence-corrected chi connectivity index (χ1v) is 9.11. The molecule has 0 saturated carbocycles. The van der Waals surface area contributed by atoms with Gasteiger partial charge >= 0.3 is 0 Å². The lowest BCUT2D eigenvalue weighted by atomic mass is 10.2. The van der Waals surface area contributed by atoms with Gasteiger partial charge in [-0.05, 0) is 29.8 Å². The van der Waals surface area contributed by atoms with Crippen LogP contribution in [-0.2, 0) is 17.8 Å². The number of rotatable bonds is 7. The van der Waals surface area contributed by atoms with Crippen molar-refractivity contribution in [2.45, 2.75) is 13.0 Å². The number of anilines is 2. The van der Waals surface area contributed by atoms with Crippen LogP contribution in [0.3, 0.4) is 0 Å². The van der Waals surface area contributed by atoms with Crippen LogP contribution in [0, 0.1) is 0 Å². The van der Waals surface area contributed by atoms with E-state index in [0.29, 0.717) is 28.2 Å². The Bertz CT molecular complexity index is 883. The normalized spacial score (nSPS) is 10.4. The van der Waals surface area contributed by atoms with Crippen molar-refractivity contribution < 1.29 is 9.53 Å². The molecule has 2 heterocycles. The molecule has 3 aromatic rings. The van der Waals surface area contributed by atoms with Crippen molar-refractivity contribution in [3.8, 4) is 5.75 Å². The van der Waals surface area contributed by atoms with E-state index in [1.54, 1.807) is 25.4 Å². The second-order valence-corrected chi connectivity index (χ2v) is 6.73. The van der Waals surface area contributed by atoms with E-state index in [-0.39, 0.29) is 12.3 Å². The van der Waals surface area contributed by atoms with Crippen molar-refractivity contribution in [3.63, 3.8) is 0 Å². The Balaban J connectivity index is 1.51. The number of nitrogens with zero attached hydrogens (tertiary/aromatic N) is 2. The highest BCUT2D eigenvalue weighted by atomic mass is 35.5. The van der Waals surface area contributed by atoms with Crippen LogP contribution >= 0.6 is 22.9 Å². The van der Waals surface area contributed by atoms with Gasteiger partial charge in [0.2, 0.25) is 5.91 Å². The van der Waals surface area contributed by atoms with Gasteiger partial charge in [0.1, 0.15) is 11.6 Å². The van der Waals surface area contributed by atoms with Crippen LogP contribution in [-0.4, -0.2) is 23.0 Å². The molecule has 1 amide bonds. The van der Waals surface area contributed by atoms with Gasteiger partial charge in [-0.2, -0.15) is 0 Å². The summed E-state index contributed by atoms with van der Waals surface area (Å²) in [5.74, 6) is 1.33. The standard InChI is InChI=1S/C18H17ClN4O2S/c1-25-15-4-2-3-12(7-15)9-21-17(24)8-14-11-26-18(22-14)23-16-6-5-13(19)10-20-16/h2-7,10-11H,8-9H2,1H3,(H,21,24)(H,20,22,23). The molecule has 0 aliphatic heterocycles. The summed E-state index contributed by atoms with van der Waals surface area (Å²) in [7, 11) is 1.62. The number of benzene rings is 1. The molecule has 0 fully saturated rings. The van der Waals surface area contributed by atoms with Gasteiger partial charge in [0.25, 0.3) is 0 Å². The molecular formula is C18H17ClN4O2S. The number of ether oxygens (including phenoxy) is 1. The zero-order valence-electron chi connectivity index (χ0n) is 14.0. The molecule has 0 atom stereocenters. The summed E-state index contributed by atoms with van der Waals surface area (Å²) >= 11 is 7.23. The van der Waals surface area contributed by atoms with E-state index in [4.69, 9.17) is 16.3 Å². The average Bonchev–Trinajstić information content (AvgIpc) is 3.09. The molecule has 0 aliphatic carbocycles. The van der Waals surface area contributed by atoms with E-state index in [9.17, 15) is 4.79 Å². The van der Waals surface area contributed by atoms with Gasteiger partial charge in [-0.25, -0.2) is 9.97 Å². The first kappa shape index (κ1) is 18.2. The number of aromatic nitrogens is 2. The van der Waals surface area contributed by atoms with Gasteiger partial charge < -0.3 is 15.4 Å². The van der Waals surface area contributed by atoms with Crippen molar-refractivity contribution in [2.24, 2.45) is 0 Å². The molecular weight excluding hydrogens is 372 g/mol. The minimum absolute atomic E-state index is 0.0886. The molecule has 3 rings (SSSR count). The predicted octanol–water partition coefficient (Wildman–Crippen LogP) is 3.80. The summed E-state index contributed by atoms with van der Waals surface area (Å²) < 4.78 is 5.17. The van der Waals surface area contributed by atoms with Crippen LogP contribution in [0.1, 0.15) is 11.3 Å². The lowest BCUT2D eigenvalue weighted by molar-refractivity contribution is -0.120. The van der Waals surface area contributed by atoms with Gasteiger partial charge in [0.15, 0.2) is 5.13 Å². The van der Waals surface area contributed by atoms with Gasteiger partial charge in [-0.1, -0.05) is 23.7 Å². The van der Waals surface area contributed by atoms with Crippen molar-refractivity contribution in [1.82, 2.24) is 15.3 Å². The Morgan fingerprint density at radius 1 is 1.31 bits per heavy atom. The molecule has 2 aromatic heterocycles. The fourth-order valence-corrected chi connectivity index (χ4v) is 3.04. The molecule has 6 nitrogen and oxygen atoms in total. The van der Waals surface area contributed by atoms with Crippen LogP contribution in [0.4, 0.5) is 10.9 Å². The van der Waals surface area contributed by atoms with Crippen LogP contribution < -0.4 is 15.4 Å². The van der Waals surface area contributed by atoms with E-state index >= 15 is 0 Å². The third kappa shape index (κ3) is 5.18. The summed E-state index contributed by atoms with van der Waals surface area (Å²) in [5, 5.41) is 9.07. The number of methoxy groups -OCH3 is 1. The van der Waals surface area contributed by atoms with Gasteiger partial charge in [0, 0.05) is 18.1 Å². The minimum atomic E-state index is -0.0886. The highest BCUT2D eigenvalue weighted by Crippen LogP contribution is 2.20. The monoisotopic (exact) mass is 388 g/mol. The summed E-state index contributed by atoms with van der Waals surface area (Å²) in [4.78, 5) is 20.7. The molecule has 1 aromatic carbocycles. The van der Waals surface area contributed by atoms with E-state index < -0.39 is 0 Å². The maximum Gasteiger partial charge on any atom is 0.226 e. The Morgan fingerprint density at radius 2 is 2.19 bits per heavy atom. The fraction of sp³-hybridized carbons (Fsp3) is 0.167. The second-order valence-electron chi connectivity index (χ2n) is 5.44. The van der Waals surface area contributed by atoms with E-state index in [2.05, 4.69) is 20.6 Å². The van der Waals surface area contributed by atoms with Crippen molar-refractivity contribution in [3.05, 3.63) is 64.3 Å². The van der Waals surface area contributed by atoms with Crippen LogP contribution in [0.2, 0.25) is 5.02 Å². The zero-order chi connectivity index (χ0) is 18.4. The molecule has 0 unspecified atom stereocenters. The molecule has 134 valence electrons. The van der Waals surface area contributed by atoms with E-state index in [1.165, 1.54) is 11.3 Å². The number of amides is 1. The van der Waals surface area contributed by atoms with Gasteiger partial charge in [-0.3, -0.25) is 4.79 Å². The average molecular weight is 389 g/mol. The summed E-state index contributed by atoms with van der Waals surface area (Å²) in [6.07, 6.45) is 1.78. The third-order valence-corrected chi connectivity index (χ3v) is 4.51. The topological polar surface area (TPSA) is 76.1 Å². The molecule has 0 aliphatic rings. The Kier molecular flexibility index (Phi) is 6.04. The van der Waals surface area contributed by atoms with Crippen LogP contribution in [0.25, 0.3) is 0 Å². The molecule has 26 heavy (non-hydrogen) atoms. The third-order valence-electron chi connectivity index (χ3n) is 3.48. The molecule has 0 radical (unpaired) electrons. The number of nitrogens with one attached hydrogen (secondary N) is 2. The first-order chi connectivity index (χ1) is 12.6. The molecule has 0 saturated heterocycles. The number of hydrogen-bond donors (Lipinski definition) is 2. The highest BCUT2D eigenvalue weighted by Gasteiger charge is 2.08. The quantitative estimate of drug-likeness (QED) is 0.643. The van der Waals surface area contributed by atoms with Crippen molar-refractivity contribution in [1.29, 1.82) is 0 Å². The fourth-order valence-electron chi connectivity index (χ4n) is 2.21. The lowest BCUT2D eigenvalue weighted by Gasteiger charge is -2.06. The smallest absolute Gasteiger partial charge is 0.226 e. The minimum Gasteiger partial charge on any atom is -0.497 e. The number of hydrogen-bond acceptors (Lipinski definition) is 6. The Morgan fingerprint density at radius 3 is 2.96 bits per heavy atom. The SMILES string of the molecule is COc1cccc(CNC(=O)Cc2csc(Nc3ccc(Cl)cn3)n2)c1. The maximum atomic E-state index is 12.1. The largest absolute Gasteiger partial charge is 0.497 e. The van der Waals surface area contributed by atoms with Crippen molar-refractivity contribution >= 4 is 39.8 Å². The molecule has 2 N–H and O–H groups in total. The highest BCUT2D eigenvalue weighted by molar-refractivity contribution is 7.13. The van der Waals surface area contributed by atoms with Gasteiger partial charge in [-0.15, -0.1) is 11.3 Å². The number of carbonyl (C=O) groups excluding carboxylic acids is 1. The van der Waals surface area contributed by atoms with Gasteiger partial charge in [0.05, 0.1) is 24.2 Å². The number of thiazole rings is 1. The number of pyridine rings is 1.